The zero-order chi connectivity index (χ0) is 22.3. The summed E-state index contributed by atoms with van der Waals surface area (Å²) in [6.07, 6.45) is 1.34. The number of methoxy groups -OCH3 is 2. The van der Waals surface area contributed by atoms with Crippen molar-refractivity contribution in [2.45, 2.75) is 13.8 Å². The summed E-state index contributed by atoms with van der Waals surface area (Å²) in [6, 6.07) is 9.82. The van der Waals surface area contributed by atoms with E-state index in [-0.39, 0.29) is 23.7 Å². The van der Waals surface area contributed by atoms with Crippen LogP contribution in [-0.4, -0.2) is 32.8 Å². The Kier molecular flexibility index (Phi) is 7.84. The Morgan fingerprint density at radius 3 is 2.33 bits per heavy atom. The molecule has 0 radical (unpaired) electrons. The molecule has 0 bridgehead atoms. The normalized spacial score (nSPS) is 10.7. The highest BCUT2D eigenvalue weighted by molar-refractivity contribution is 6.32. The number of esters is 2. The zero-order valence-electron chi connectivity index (χ0n) is 16.9. The third-order valence-corrected chi connectivity index (χ3v) is 4.61. The van der Waals surface area contributed by atoms with Crippen LogP contribution in [0, 0.1) is 25.2 Å². The second kappa shape index (κ2) is 10.3. The second-order valence-corrected chi connectivity index (χ2v) is 6.58. The molecule has 0 saturated carbocycles. The van der Waals surface area contributed by atoms with Crippen molar-refractivity contribution in [2.75, 3.05) is 20.8 Å². The van der Waals surface area contributed by atoms with Crippen LogP contribution in [0.15, 0.2) is 35.9 Å². The van der Waals surface area contributed by atoms with Gasteiger partial charge in [-0.15, -0.1) is 0 Å². The first-order valence-electron chi connectivity index (χ1n) is 8.77. The van der Waals surface area contributed by atoms with E-state index in [4.69, 9.17) is 31.1 Å². The fourth-order valence-corrected chi connectivity index (χ4v) is 2.66. The lowest BCUT2D eigenvalue weighted by atomic mass is 10.1. The Balaban J connectivity index is 2.11. The van der Waals surface area contributed by atoms with E-state index in [1.165, 1.54) is 32.4 Å². The van der Waals surface area contributed by atoms with Crippen molar-refractivity contribution < 1.29 is 28.5 Å². The first-order chi connectivity index (χ1) is 14.3. The molecular weight excluding hydrogens is 410 g/mol. The van der Waals surface area contributed by atoms with Crippen LogP contribution >= 0.6 is 11.6 Å². The number of benzene rings is 2. The maximum atomic E-state index is 12.2. The first-order valence-corrected chi connectivity index (χ1v) is 9.15. The fourth-order valence-electron chi connectivity index (χ4n) is 2.56. The summed E-state index contributed by atoms with van der Waals surface area (Å²) >= 11 is 6.12. The lowest BCUT2D eigenvalue weighted by Gasteiger charge is -2.12. The number of carbonyl (C=O) groups excluding carboxylic acids is 2. The summed E-state index contributed by atoms with van der Waals surface area (Å²) in [5.74, 6) is -0.461. The molecule has 2 rings (SSSR count). The molecule has 0 amide bonds. The Morgan fingerprint density at radius 1 is 1.10 bits per heavy atom. The van der Waals surface area contributed by atoms with Crippen molar-refractivity contribution in [3.8, 4) is 23.3 Å². The van der Waals surface area contributed by atoms with Crippen LogP contribution in [0.1, 0.15) is 16.7 Å². The van der Waals surface area contributed by atoms with Crippen molar-refractivity contribution in [1.82, 2.24) is 0 Å². The molecule has 0 atom stereocenters. The number of ether oxygens (including phenoxy) is 4. The van der Waals surface area contributed by atoms with Crippen LogP contribution in [0.2, 0.25) is 5.02 Å². The minimum absolute atomic E-state index is 0.170. The SMILES string of the molecule is COC(=O)/C(C#N)=C/c1ccc(OC(=O)COc2cc(C)c(Cl)c(C)c2)c(OC)c1. The van der Waals surface area contributed by atoms with E-state index in [0.717, 1.165) is 11.1 Å². The number of hydrogen-bond donors (Lipinski definition) is 0. The molecule has 2 aromatic rings. The third kappa shape index (κ3) is 5.75. The van der Waals surface area contributed by atoms with Gasteiger partial charge in [0.05, 0.1) is 14.2 Å². The number of nitrogens with zero attached hydrogens (tertiary/aromatic N) is 1. The molecule has 0 aliphatic carbocycles. The summed E-state index contributed by atoms with van der Waals surface area (Å²) in [7, 11) is 2.59. The molecular formula is C22H20ClNO6. The average Bonchev–Trinajstić information content (AvgIpc) is 2.74. The number of nitriles is 1. The van der Waals surface area contributed by atoms with Gasteiger partial charge < -0.3 is 18.9 Å². The van der Waals surface area contributed by atoms with Gasteiger partial charge in [0.25, 0.3) is 0 Å². The Labute approximate surface area is 179 Å². The number of rotatable bonds is 7. The highest BCUT2D eigenvalue weighted by Gasteiger charge is 2.14. The minimum Gasteiger partial charge on any atom is -0.493 e. The minimum atomic E-state index is -0.753. The fraction of sp³-hybridized carbons (Fsp3) is 0.227. The summed E-state index contributed by atoms with van der Waals surface area (Å²) in [5, 5.41) is 9.70. The van der Waals surface area contributed by atoms with Crippen molar-refractivity contribution in [3.05, 3.63) is 57.6 Å². The van der Waals surface area contributed by atoms with Crippen LogP contribution in [0.5, 0.6) is 17.2 Å². The number of carbonyl (C=O) groups is 2. The molecule has 0 aromatic heterocycles. The van der Waals surface area contributed by atoms with Crippen molar-refractivity contribution in [2.24, 2.45) is 0 Å². The lowest BCUT2D eigenvalue weighted by molar-refractivity contribution is -0.137. The second-order valence-electron chi connectivity index (χ2n) is 6.21. The molecule has 0 N–H and O–H groups in total. The summed E-state index contributed by atoms with van der Waals surface area (Å²) in [5.41, 5.74) is 2.01. The van der Waals surface area contributed by atoms with Gasteiger partial charge in [0.15, 0.2) is 18.1 Å². The molecule has 8 heteroatoms. The van der Waals surface area contributed by atoms with Gasteiger partial charge in [-0.2, -0.15) is 5.26 Å². The van der Waals surface area contributed by atoms with Crippen LogP contribution in [0.4, 0.5) is 0 Å². The molecule has 0 fully saturated rings. The van der Waals surface area contributed by atoms with E-state index in [2.05, 4.69) is 4.74 Å². The molecule has 156 valence electrons. The Morgan fingerprint density at radius 2 is 1.77 bits per heavy atom. The predicted octanol–water partition coefficient (Wildman–Crippen LogP) is 4.03. The molecule has 7 nitrogen and oxygen atoms in total. The van der Waals surface area contributed by atoms with E-state index in [0.29, 0.717) is 16.3 Å². The van der Waals surface area contributed by atoms with E-state index >= 15 is 0 Å². The molecule has 2 aromatic carbocycles. The van der Waals surface area contributed by atoms with E-state index in [9.17, 15) is 9.59 Å². The molecule has 30 heavy (non-hydrogen) atoms. The van der Waals surface area contributed by atoms with E-state index < -0.39 is 11.9 Å². The van der Waals surface area contributed by atoms with Gasteiger partial charge in [-0.05, 0) is 60.9 Å². The maximum absolute atomic E-state index is 12.2. The van der Waals surface area contributed by atoms with E-state index in [1.807, 2.05) is 13.8 Å². The highest BCUT2D eigenvalue weighted by Crippen LogP contribution is 2.30. The summed E-state index contributed by atoms with van der Waals surface area (Å²) in [6.45, 7) is 3.38. The average molecular weight is 430 g/mol. The Hall–Kier alpha value is -3.50. The van der Waals surface area contributed by atoms with Gasteiger partial charge in [0.2, 0.25) is 0 Å². The topological polar surface area (TPSA) is 94.9 Å². The summed E-state index contributed by atoms with van der Waals surface area (Å²) < 4.78 is 20.6. The van der Waals surface area contributed by atoms with Gasteiger partial charge in [0, 0.05) is 5.02 Å². The highest BCUT2D eigenvalue weighted by atomic mass is 35.5. The van der Waals surface area contributed by atoms with E-state index in [1.54, 1.807) is 24.3 Å². The predicted molar refractivity (Wildman–Crippen MR) is 111 cm³/mol. The molecule has 0 aliphatic rings. The van der Waals surface area contributed by atoms with Gasteiger partial charge in [-0.1, -0.05) is 17.7 Å². The van der Waals surface area contributed by atoms with Crippen LogP contribution < -0.4 is 14.2 Å². The van der Waals surface area contributed by atoms with Crippen molar-refractivity contribution in [1.29, 1.82) is 5.26 Å². The number of aryl methyl sites for hydroxylation is 2. The van der Waals surface area contributed by atoms with Gasteiger partial charge >= 0.3 is 11.9 Å². The standard InChI is InChI=1S/C22H20ClNO6/c1-13-7-17(8-14(2)21(13)23)29-12-20(25)30-18-6-5-15(10-19(18)27-3)9-16(11-24)22(26)28-4/h5-10H,12H2,1-4H3/b16-9+. The smallest absolute Gasteiger partial charge is 0.349 e. The van der Waals surface area contributed by atoms with Crippen LogP contribution in [0.25, 0.3) is 6.08 Å². The number of halogens is 1. The molecule has 0 aliphatic heterocycles. The molecule has 0 unspecified atom stereocenters. The van der Waals surface area contributed by atoms with Crippen LogP contribution in [-0.2, 0) is 14.3 Å². The third-order valence-electron chi connectivity index (χ3n) is 4.01. The first kappa shape index (κ1) is 22.8. The van der Waals surface area contributed by atoms with Gasteiger partial charge in [-0.3, -0.25) is 0 Å². The summed E-state index contributed by atoms with van der Waals surface area (Å²) in [4.78, 5) is 23.7. The quantitative estimate of drug-likeness (QED) is 0.284. The molecule has 0 spiro atoms. The lowest BCUT2D eigenvalue weighted by Crippen LogP contribution is -2.18. The van der Waals surface area contributed by atoms with Crippen molar-refractivity contribution in [3.63, 3.8) is 0 Å². The molecule has 0 heterocycles. The zero-order valence-corrected chi connectivity index (χ0v) is 17.7. The Bertz CT molecular complexity index is 1020. The molecule has 0 saturated heterocycles. The van der Waals surface area contributed by atoms with Crippen molar-refractivity contribution >= 4 is 29.6 Å². The van der Waals surface area contributed by atoms with Gasteiger partial charge in [0.1, 0.15) is 17.4 Å². The van der Waals surface area contributed by atoms with Crippen LogP contribution in [0.3, 0.4) is 0 Å². The largest absolute Gasteiger partial charge is 0.493 e. The maximum Gasteiger partial charge on any atom is 0.349 e. The van der Waals surface area contributed by atoms with Gasteiger partial charge in [-0.25, -0.2) is 9.59 Å². The number of hydrogen-bond acceptors (Lipinski definition) is 7. The monoisotopic (exact) mass is 429 g/mol.